The van der Waals surface area contributed by atoms with Gasteiger partial charge in [0.2, 0.25) is 11.6 Å². The third-order valence-electron chi connectivity index (χ3n) is 3.53. The molecule has 0 bridgehead atoms. The van der Waals surface area contributed by atoms with Gasteiger partial charge in [-0.15, -0.1) is 11.3 Å². The largest absolute Gasteiger partial charge is 0.476 e. The quantitative estimate of drug-likeness (QED) is 0.870. The van der Waals surface area contributed by atoms with Crippen LogP contribution in [0, 0.1) is 0 Å². The molecule has 0 saturated heterocycles. The Balaban J connectivity index is 1.97. The van der Waals surface area contributed by atoms with Crippen LogP contribution in [0.3, 0.4) is 0 Å². The van der Waals surface area contributed by atoms with Crippen molar-refractivity contribution in [2.45, 2.75) is 39.0 Å². The molecule has 6 heteroatoms. The van der Waals surface area contributed by atoms with Crippen molar-refractivity contribution in [2.24, 2.45) is 0 Å². The van der Waals surface area contributed by atoms with Crippen LogP contribution in [0.25, 0.3) is 10.8 Å². The number of aryl methyl sites for hydroxylation is 2. The molecule has 1 aliphatic rings. The minimum Gasteiger partial charge on any atom is -0.476 e. The number of aromatic nitrogens is 1. The summed E-state index contributed by atoms with van der Waals surface area (Å²) in [6.07, 6.45) is 5.86. The van der Waals surface area contributed by atoms with Gasteiger partial charge in [0.15, 0.2) is 0 Å². The smallest absolute Gasteiger partial charge is 0.362 e. The van der Waals surface area contributed by atoms with Crippen molar-refractivity contribution in [3.63, 3.8) is 0 Å². The van der Waals surface area contributed by atoms with E-state index in [1.54, 1.807) is 18.3 Å². The van der Waals surface area contributed by atoms with Crippen LogP contribution in [-0.4, -0.2) is 22.7 Å². The molecule has 112 valence electrons. The molecule has 0 amide bonds. The summed E-state index contributed by atoms with van der Waals surface area (Å²) in [4.78, 5) is 17.5. The lowest BCUT2D eigenvalue weighted by Crippen LogP contribution is -2.01. The van der Waals surface area contributed by atoms with Crippen LogP contribution in [-0.2, 0) is 12.8 Å². The highest BCUT2D eigenvalue weighted by molar-refractivity contribution is 7.15. The summed E-state index contributed by atoms with van der Waals surface area (Å²) in [5.41, 5.74) is 1.19. The van der Waals surface area contributed by atoms with Crippen molar-refractivity contribution in [3.05, 3.63) is 22.2 Å². The molecule has 0 spiro atoms. The van der Waals surface area contributed by atoms with Crippen LogP contribution in [0.1, 0.15) is 47.1 Å². The number of ether oxygens (including phenoxy) is 1. The second-order valence-corrected chi connectivity index (χ2v) is 6.15. The topological polar surface area (TPSA) is 72.6 Å². The highest BCUT2D eigenvalue weighted by Crippen LogP contribution is 2.37. The van der Waals surface area contributed by atoms with Crippen molar-refractivity contribution in [2.75, 3.05) is 6.61 Å². The summed E-state index contributed by atoms with van der Waals surface area (Å²) >= 11 is 1.65. The Bertz CT molecular complexity index is 635. The van der Waals surface area contributed by atoms with E-state index in [1.165, 1.54) is 29.7 Å². The molecule has 0 aromatic carbocycles. The lowest BCUT2D eigenvalue weighted by atomic mass is 10.1. The number of aromatic carboxylic acids is 1. The third-order valence-corrected chi connectivity index (χ3v) is 4.76. The van der Waals surface area contributed by atoms with E-state index in [4.69, 9.17) is 14.3 Å². The number of oxazole rings is 1. The highest BCUT2D eigenvalue weighted by atomic mass is 32.1. The Morgan fingerprint density at radius 1 is 1.43 bits per heavy atom. The van der Waals surface area contributed by atoms with Gasteiger partial charge in [0.25, 0.3) is 0 Å². The minimum absolute atomic E-state index is 0.0106. The minimum atomic E-state index is -1.13. The molecule has 2 heterocycles. The van der Waals surface area contributed by atoms with Gasteiger partial charge < -0.3 is 14.3 Å². The summed E-state index contributed by atoms with van der Waals surface area (Å²) in [6.45, 7) is 2.12. The van der Waals surface area contributed by atoms with Crippen LogP contribution in [0.5, 0.6) is 5.95 Å². The normalized spacial score (nSPS) is 14.5. The SMILES string of the molecule is CCOc1oc(-c2cc3c(s2)CCCCC3)nc1C(=O)O. The van der Waals surface area contributed by atoms with Crippen molar-refractivity contribution < 1.29 is 19.1 Å². The van der Waals surface area contributed by atoms with Crippen molar-refractivity contribution in [1.29, 1.82) is 0 Å². The van der Waals surface area contributed by atoms with Crippen LogP contribution in [0.15, 0.2) is 10.5 Å². The predicted molar refractivity (Wildman–Crippen MR) is 79.2 cm³/mol. The first-order valence-corrected chi connectivity index (χ1v) is 7.99. The molecule has 3 rings (SSSR count). The first-order chi connectivity index (χ1) is 10.2. The van der Waals surface area contributed by atoms with E-state index < -0.39 is 5.97 Å². The fraction of sp³-hybridized carbons (Fsp3) is 0.467. The van der Waals surface area contributed by atoms with Gasteiger partial charge in [0.1, 0.15) is 0 Å². The van der Waals surface area contributed by atoms with E-state index in [-0.39, 0.29) is 11.6 Å². The maximum atomic E-state index is 11.2. The van der Waals surface area contributed by atoms with Gasteiger partial charge >= 0.3 is 11.9 Å². The molecular formula is C15H17NO4S. The average molecular weight is 307 g/mol. The number of nitrogens with zero attached hydrogens (tertiary/aromatic N) is 1. The second-order valence-electron chi connectivity index (χ2n) is 5.01. The summed E-state index contributed by atoms with van der Waals surface area (Å²) in [5.74, 6) is -0.802. The van der Waals surface area contributed by atoms with Crippen molar-refractivity contribution >= 4 is 17.3 Å². The molecule has 2 aromatic rings. The Morgan fingerprint density at radius 3 is 3.00 bits per heavy atom. The zero-order valence-electron chi connectivity index (χ0n) is 11.8. The van der Waals surface area contributed by atoms with Gasteiger partial charge in [-0.1, -0.05) is 6.42 Å². The number of carbonyl (C=O) groups is 1. The van der Waals surface area contributed by atoms with Gasteiger partial charge in [-0.25, -0.2) is 4.79 Å². The zero-order chi connectivity index (χ0) is 14.8. The van der Waals surface area contributed by atoms with E-state index in [9.17, 15) is 4.79 Å². The maximum Gasteiger partial charge on any atom is 0.362 e. The monoisotopic (exact) mass is 307 g/mol. The second kappa shape index (κ2) is 5.89. The standard InChI is InChI=1S/C15H17NO4S/c1-2-19-15-12(14(17)18)16-13(20-15)11-8-9-6-4-3-5-7-10(9)21-11/h8H,2-7H2,1H3,(H,17,18). The first-order valence-electron chi connectivity index (χ1n) is 7.18. The number of hydrogen-bond donors (Lipinski definition) is 1. The predicted octanol–water partition coefficient (Wildman–Crippen LogP) is 3.77. The summed E-state index contributed by atoms with van der Waals surface area (Å²) < 4.78 is 10.7. The lowest BCUT2D eigenvalue weighted by molar-refractivity contribution is 0.0683. The third kappa shape index (κ3) is 2.81. The van der Waals surface area contributed by atoms with Crippen molar-refractivity contribution in [1.82, 2.24) is 4.98 Å². The van der Waals surface area contributed by atoms with E-state index >= 15 is 0 Å². The van der Waals surface area contributed by atoms with Gasteiger partial charge in [-0.05, 0) is 44.2 Å². The van der Waals surface area contributed by atoms with E-state index in [0.717, 1.165) is 17.7 Å². The molecule has 0 fully saturated rings. The van der Waals surface area contributed by atoms with Crippen LogP contribution >= 0.6 is 11.3 Å². The zero-order valence-corrected chi connectivity index (χ0v) is 12.7. The molecule has 0 saturated carbocycles. The molecule has 2 aromatic heterocycles. The summed E-state index contributed by atoms with van der Waals surface area (Å²) in [5, 5.41) is 9.15. The van der Waals surface area contributed by atoms with Gasteiger partial charge in [0.05, 0.1) is 11.5 Å². The summed E-state index contributed by atoms with van der Waals surface area (Å²) in [7, 11) is 0. The molecule has 1 N–H and O–H groups in total. The number of carboxylic acids is 1. The maximum absolute atomic E-state index is 11.2. The van der Waals surface area contributed by atoms with E-state index in [2.05, 4.69) is 11.1 Å². The lowest BCUT2D eigenvalue weighted by Gasteiger charge is -1.96. The Labute approximate surface area is 126 Å². The number of fused-ring (bicyclic) bond motifs is 1. The highest BCUT2D eigenvalue weighted by Gasteiger charge is 2.23. The molecule has 0 radical (unpaired) electrons. The Hall–Kier alpha value is -1.82. The first kappa shape index (κ1) is 14.1. The number of hydrogen-bond acceptors (Lipinski definition) is 5. The van der Waals surface area contributed by atoms with Gasteiger partial charge in [-0.3, -0.25) is 0 Å². The summed E-state index contributed by atoms with van der Waals surface area (Å²) in [6, 6.07) is 2.08. The number of thiophene rings is 1. The van der Waals surface area contributed by atoms with E-state index in [0.29, 0.717) is 12.5 Å². The molecule has 21 heavy (non-hydrogen) atoms. The molecular weight excluding hydrogens is 290 g/mol. The fourth-order valence-electron chi connectivity index (χ4n) is 2.55. The molecule has 0 aliphatic heterocycles. The Morgan fingerprint density at radius 2 is 2.24 bits per heavy atom. The molecule has 0 unspecified atom stereocenters. The molecule has 5 nitrogen and oxygen atoms in total. The van der Waals surface area contributed by atoms with Crippen LogP contribution in [0.4, 0.5) is 0 Å². The van der Waals surface area contributed by atoms with Crippen LogP contribution in [0.2, 0.25) is 0 Å². The molecule has 1 aliphatic carbocycles. The van der Waals surface area contributed by atoms with Gasteiger partial charge in [-0.2, -0.15) is 4.98 Å². The molecule has 0 atom stereocenters. The van der Waals surface area contributed by atoms with Crippen molar-refractivity contribution in [3.8, 4) is 16.7 Å². The average Bonchev–Trinajstić information content (AvgIpc) is 2.98. The fourth-order valence-corrected chi connectivity index (χ4v) is 3.73. The van der Waals surface area contributed by atoms with Crippen LogP contribution < -0.4 is 4.74 Å². The Kier molecular flexibility index (Phi) is 3.96. The number of carboxylic acid groups (broad SMARTS) is 1. The van der Waals surface area contributed by atoms with Gasteiger partial charge in [0, 0.05) is 4.88 Å². The number of rotatable bonds is 4. The van der Waals surface area contributed by atoms with E-state index in [1.807, 2.05) is 0 Å².